The number of anilines is 1. The van der Waals surface area contributed by atoms with E-state index >= 15 is 0 Å². The first kappa shape index (κ1) is 22.0. The fraction of sp³-hybridized carbons (Fsp3) is 0.409. The molecule has 0 saturated carbocycles. The lowest BCUT2D eigenvalue weighted by Crippen LogP contribution is -2.27. The van der Waals surface area contributed by atoms with E-state index < -0.39 is 10.0 Å². The molecule has 0 atom stereocenters. The third-order valence-electron chi connectivity index (χ3n) is 4.88. The highest BCUT2D eigenvalue weighted by Crippen LogP contribution is 2.22. The van der Waals surface area contributed by atoms with E-state index in [9.17, 15) is 13.2 Å². The van der Waals surface area contributed by atoms with Crippen molar-refractivity contribution in [3.63, 3.8) is 0 Å². The van der Waals surface area contributed by atoms with Gasteiger partial charge in [0.25, 0.3) is 5.91 Å². The van der Waals surface area contributed by atoms with Crippen molar-refractivity contribution in [2.75, 3.05) is 24.2 Å². The molecule has 6 heteroatoms. The third kappa shape index (κ3) is 5.83. The normalized spacial score (nSPS) is 11.5. The van der Waals surface area contributed by atoms with Crippen LogP contribution in [0.15, 0.2) is 42.5 Å². The number of sulfonamides is 1. The van der Waals surface area contributed by atoms with Crippen LogP contribution in [0.2, 0.25) is 0 Å². The summed E-state index contributed by atoms with van der Waals surface area (Å²) in [7, 11) is -1.89. The van der Waals surface area contributed by atoms with Crippen LogP contribution in [0.25, 0.3) is 0 Å². The van der Waals surface area contributed by atoms with Crippen LogP contribution in [0.3, 0.4) is 0 Å². The van der Waals surface area contributed by atoms with Gasteiger partial charge in [-0.2, -0.15) is 0 Å². The summed E-state index contributed by atoms with van der Waals surface area (Å²) in [5.41, 5.74) is 4.35. The van der Waals surface area contributed by atoms with Crippen molar-refractivity contribution in [3.8, 4) is 0 Å². The first-order chi connectivity index (χ1) is 13.1. The van der Waals surface area contributed by atoms with Gasteiger partial charge in [0, 0.05) is 19.2 Å². The van der Waals surface area contributed by atoms with Crippen LogP contribution in [0, 0.1) is 6.92 Å². The standard InChI is InChI=1S/C22H30N2O3S/c1-16(2)19-12-9-18(10-13-19)7-6-14-23-22(25)20-11-8-17(3)21(15-20)24(4)28(5,26)27/h8-13,15-16H,6-7,14H2,1-5H3,(H,23,25). The van der Waals surface area contributed by atoms with Gasteiger partial charge in [-0.05, 0) is 54.5 Å². The lowest BCUT2D eigenvalue weighted by atomic mass is 10.0. The van der Waals surface area contributed by atoms with Crippen LogP contribution in [-0.2, 0) is 16.4 Å². The molecule has 0 heterocycles. The Bertz CT molecular complexity index is 919. The summed E-state index contributed by atoms with van der Waals surface area (Å²) >= 11 is 0. The molecule has 152 valence electrons. The van der Waals surface area contributed by atoms with E-state index in [-0.39, 0.29) is 5.91 Å². The van der Waals surface area contributed by atoms with Gasteiger partial charge in [0.1, 0.15) is 0 Å². The molecule has 0 spiro atoms. The number of rotatable bonds is 8. The largest absolute Gasteiger partial charge is 0.352 e. The number of carbonyl (C=O) groups is 1. The summed E-state index contributed by atoms with van der Waals surface area (Å²) in [6.07, 6.45) is 2.89. The van der Waals surface area contributed by atoms with E-state index in [4.69, 9.17) is 0 Å². The number of carbonyl (C=O) groups excluding carboxylic acids is 1. The zero-order valence-electron chi connectivity index (χ0n) is 17.3. The second-order valence-corrected chi connectivity index (χ2v) is 9.50. The maximum absolute atomic E-state index is 12.4. The van der Waals surface area contributed by atoms with Gasteiger partial charge in [-0.15, -0.1) is 0 Å². The Morgan fingerprint density at radius 1 is 1.11 bits per heavy atom. The fourth-order valence-corrected chi connectivity index (χ4v) is 3.49. The van der Waals surface area contributed by atoms with E-state index in [0.717, 1.165) is 24.7 Å². The Hall–Kier alpha value is -2.34. The smallest absolute Gasteiger partial charge is 0.251 e. The molecule has 2 aromatic carbocycles. The summed E-state index contributed by atoms with van der Waals surface area (Å²) in [5, 5.41) is 2.92. The summed E-state index contributed by atoms with van der Waals surface area (Å²) in [4.78, 5) is 12.4. The van der Waals surface area contributed by atoms with E-state index in [1.807, 2.05) is 6.92 Å². The van der Waals surface area contributed by atoms with Crippen molar-refractivity contribution in [1.82, 2.24) is 5.32 Å². The third-order valence-corrected chi connectivity index (χ3v) is 6.07. The molecule has 0 fully saturated rings. The van der Waals surface area contributed by atoms with Crippen LogP contribution in [0.4, 0.5) is 5.69 Å². The van der Waals surface area contributed by atoms with Gasteiger partial charge in [0.15, 0.2) is 0 Å². The van der Waals surface area contributed by atoms with Gasteiger partial charge in [-0.1, -0.05) is 44.2 Å². The number of nitrogens with zero attached hydrogens (tertiary/aromatic N) is 1. The number of hydrogen-bond acceptors (Lipinski definition) is 3. The van der Waals surface area contributed by atoms with Gasteiger partial charge in [0.2, 0.25) is 10.0 Å². The average molecular weight is 403 g/mol. The molecule has 0 aliphatic carbocycles. The van der Waals surface area contributed by atoms with Gasteiger partial charge in [-0.3, -0.25) is 9.10 Å². The first-order valence-corrected chi connectivity index (χ1v) is 11.4. The predicted molar refractivity (Wildman–Crippen MR) is 116 cm³/mol. The molecule has 2 aromatic rings. The SMILES string of the molecule is Cc1ccc(C(=O)NCCCc2ccc(C(C)C)cc2)cc1N(C)S(C)(=O)=O. The first-order valence-electron chi connectivity index (χ1n) is 9.51. The van der Waals surface area contributed by atoms with Crippen molar-refractivity contribution in [2.24, 2.45) is 0 Å². The Kier molecular flexibility index (Phi) is 7.24. The molecule has 0 aliphatic rings. The zero-order chi connectivity index (χ0) is 20.9. The maximum atomic E-state index is 12.4. The van der Waals surface area contributed by atoms with Crippen molar-refractivity contribution in [3.05, 3.63) is 64.7 Å². The number of amides is 1. The number of nitrogens with one attached hydrogen (secondary N) is 1. The number of aryl methyl sites for hydroxylation is 2. The summed E-state index contributed by atoms with van der Waals surface area (Å²) in [6.45, 7) is 6.74. The lowest BCUT2D eigenvalue weighted by Gasteiger charge is -2.19. The summed E-state index contributed by atoms with van der Waals surface area (Å²) in [5.74, 6) is 0.327. The highest BCUT2D eigenvalue weighted by Gasteiger charge is 2.16. The van der Waals surface area contributed by atoms with Crippen molar-refractivity contribution >= 4 is 21.6 Å². The highest BCUT2D eigenvalue weighted by atomic mass is 32.2. The summed E-state index contributed by atoms with van der Waals surface area (Å²) in [6, 6.07) is 13.7. The van der Waals surface area contributed by atoms with E-state index in [2.05, 4.69) is 43.4 Å². The van der Waals surface area contributed by atoms with E-state index in [0.29, 0.717) is 23.7 Å². The zero-order valence-corrected chi connectivity index (χ0v) is 18.1. The Morgan fingerprint density at radius 2 is 1.75 bits per heavy atom. The van der Waals surface area contributed by atoms with Crippen LogP contribution < -0.4 is 9.62 Å². The van der Waals surface area contributed by atoms with Crippen LogP contribution in [-0.4, -0.2) is 34.2 Å². The molecule has 1 amide bonds. The van der Waals surface area contributed by atoms with Gasteiger partial charge in [-0.25, -0.2) is 8.42 Å². The predicted octanol–water partition coefficient (Wildman–Crippen LogP) is 3.88. The number of hydrogen-bond donors (Lipinski definition) is 1. The highest BCUT2D eigenvalue weighted by molar-refractivity contribution is 7.92. The van der Waals surface area contributed by atoms with E-state index in [1.54, 1.807) is 18.2 Å². The molecular weight excluding hydrogens is 372 g/mol. The van der Waals surface area contributed by atoms with Crippen LogP contribution in [0.5, 0.6) is 0 Å². The molecule has 1 N–H and O–H groups in total. The Morgan fingerprint density at radius 3 is 2.32 bits per heavy atom. The quantitative estimate of drug-likeness (QED) is 0.682. The van der Waals surface area contributed by atoms with E-state index in [1.165, 1.54) is 22.5 Å². The van der Waals surface area contributed by atoms with Gasteiger partial charge < -0.3 is 5.32 Å². The molecule has 0 aliphatic heterocycles. The number of benzene rings is 2. The molecule has 5 nitrogen and oxygen atoms in total. The molecule has 0 aromatic heterocycles. The average Bonchev–Trinajstić information content (AvgIpc) is 2.64. The minimum Gasteiger partial charge on any atom is -0.352 e. The monoisotopic (exact) mass is 402 g/mol. The summed E-state index contributed by atoms with van der Waals surface area (Å²) < 4.78 is 24.8. The second-order valence-electron chi connectivity index (χ2n) is 7.49. The Labute approximate surface area is 168 Å². The molecule has 0 unspecified atom stereocenters. The minimum absolute atomic E-state index is 0.196. The topological polar surface area (TPSA) is 66.5 Å². The molecule has 0 bridgehead atoms. The maximum Gasteiger partial charge on any atom is 0.251 e. The van der Waals surface area contributed by atoms with Crippen molar-refractivity contribution < 1.29 is 13.2 Å². The molecular formula is C22H30N2O3S. The van der Waals surface area contributed by atoms with Gasteiger partial charge >= 0.3 is 0 Å². The van der Waals surface area contributed by atoms with Crippen molar-refractivity contribution in [1.29, 1.82) is 0 Å². The molecule has 0 radical (unpaired) electrons. The Balaban J connectivity index is 1.93. The second kappa shape index (κ2) is 9.24. The molecule has 0 saturated heterocycles. The van der Waals surface area contributed by atoms with Gasteiger partial charge in [0.05, 0.1) is 11.9 Å². The van der Waals surface area contributed by atoms with Crippen LogP contribution in [0.1, 0.15) is 53.2 Å². The fourth-order valence-electron chi connectivity index (χ4n) is 2.93. The van der Waals surface area contributed by atoms with Crippen LogP contribution >= 0.6 is 0 Å². The minimum atomic E-state index is -3.38. The molecule has 2 rings (SSSR count). The lowest BCUT2D eigenvalue weighted by molar-refractivity contribution is 0.0953. The van der Waals surface area contributed by atoms with Crippen molar-refractivity contribution in [2.45, 2.75) is 39.5 Å². The molecule has 28 heavy (non-hydrogen) atoms.